The number of sulfonamides is 1. The van der Waals surface area contributed by atoms with Gasteiger partial charge in [-0.1, -0.05) is 11.6 Å². The Balaban J connectivity index is 2.76. The largest absolute Gasteiger partial charge is 0.397 e. The van der Waals surface area contributed by atoms with E-state index in [2.05, 4.69) is 0 Å². The molecule has 0 aliphatic carbocycles. The lowest BCUT2D eigenvalue weighted by Gasteiger charge is -2.03. The van der Waals surface area contributed by atoms with E-state index in [4.69, 9.17) is 17.3 Å². The van der Waals surface area contributed by atoms with Gasteiger partial charge in [0.15, 0.2) is 0 Å². The highest BCUT2D eigenvalue weighted by Crippen LogP contribution is 2.45. The third kappa shape index (κ3) is 1.14. The molecule has 1 heterocycles. The van der Waals surface area contributed by atoms with Crippen molar-refractivity contribution in [1.29, 1.82) is 0 Å². The van der Waals surface area contributed by atoms with Gasteiger partial charge in [0.2, 0.25) is 5.50 Å². The molecule has 1 aliphatic heterocycles. The van der Waals surface area contributed by atoms with Crippen molar-refractivity contribution in [2.75, 3.05) is 10.5 Å². The van der Waals surface area contributed by atoms with Crippen LogP contribution in [0.4, 0.5) is 15.8 Å². The van der Waals surface area contributed by atoms with Crippen molar-refractivity contribution >= 4 is 33.0 Å². The minimum absolute atomic E-state index is 0.0463. The average molecular weight is 237 g/mol. The van der Waals surface area contributed by atoms with Crippen molar-refractivity contribution in [1.82, 2.24) is 0 Å². The van der Waals surface area contributed by atoms with Crippen molar-refractivity contribution in [2.45, 2.75) is 5.50 Å². The van der Waals surface area contributed by atoms with Crippen LogP contribution in [0.5, 0.6) is 0 Å². The zero-order valence-electron chi connectivity index (χ0n) is 6.79. The molecular weight excluding hydrogens is 231 g/mol. The molecule has 0 fully saturated rings. The van der Waals surface area contributed by atoms with Crippen LogP contribution in [0.2, 0.25) is 5.02 Å². The molecule has 1 atom stereocenters. The van der Waals surface area contributed by atoms with Gasteiger partial charge in [-0.15, -0.1) is 0 Å². The lowest BCUT2D eigenvalue weighted by molar-refractivity contribution is 0.440. The molecular formula is C7H6ClFN2O2S. The number of halogens is 2. The van der Waals surface area contributed by atoms with Crippen LogP contribution in [0, 0.1) is 0 Å². The zero-order chi connectivity index (χ0) is 10.5. The first-order valence-electron chi connectivity index (χ1n) is 3.67. The second-order valence-electron chi connectivity index (χ2n) is 2.89. The summed E-state index contributed by atoms with van der Waals surface area (Å²) in [7, 11) is -4.01. The zero-order valence-corrected chi connectivity index (χ0v) is 8.36. The molecule has 1 aliphatic rings. The van der Waals surface area contributed by atoms with Gasteiger partial charge in [-0.25, -0.2) is 12.8 Å². The summed E-state index contributed by atoms with van der Waals surface area (Å²) >= 11 is 5.66. The molecule has 76 valence electrons. The Bertz CT molecular complexity index is 503. The predicted molar refractivity (Wildman–Crippen MR) is 52.3 cm³/mol. The molecule has 7 heteroatoms. The van der Waals surface area contributed by atoms with Gasteiger partial charge >= 0.3 is 0 Å². The Labute approximate surface area is 84.9 Å². The van der Waals surface area contributed by atoms with Gasteiger partial charge in [0.1, 0.15) is 0 Å². The SMILES string of the molecule is Nc1ccc(Cl)c2c1NS(=O)(=O)C2F. The Morgan fingerprint density at radius 3 is 2.71 bits per heavy atom. The summed E-state index contributed by atoms with van der Waals surface area (Å²) in [6.07, 6.45) is 0. The third-order valence-electron chi connectivity index (χ3n) is 1.97. The van der Waals surface area contributed by atoms with Crippen LogP contribution in [-0.4, -0.2) is 8.42 Å². The van der Waals surface area contributed by atoms with E-state index in [1.807, 2.05) is 4.72 Å². The van der Waals surface area contributed by atoms with Crippen molar-refractivity contribution in [3.63, 3.8) is 0 Å². The first kappa shape index (κ1) is 9.54. The lowest BCUT2D eigenvalue weighted by Crippen LogP contribution is -2.09. The highest BCUT2D eigenvalue weighted by Gasteiger charge is 2.39. The van der Waals surface area contributed by atoms with E-state index < -0.39 is 15.5 Å². The fourth-order valence-corrected chi connectivity index (χ4v) is 2.78. The summed E-state index contributed by atoms with van der Waals surface area (Å²) < 4.78 is 37.6. The van der Waals surface area contributed by atoms with E-state index in [9.17, 15) is 12.8 Å². The van der Waals surface area contributed by atoms with Crippen LogP contribution in [0.1, 0.15) is 11.1 Å². The molecule has 0 saturated heterocycles. The third-order valence-corrected chi connectivity index (χ3v) is 3.57. The summed E-state index contributed by atoms with van der Waals surface area (Å²) in [6.45, 7) is 0. The molecule has 0 amide bonds. The van der Waals surface area contributed by atoms with Gasteiger partial charge in [-0.05, 0) is 12.1 Å². The second kappa shape index (κ2) is 2.74. The predicted octanol–water partition coefficient (Wildman–Crippen LogP) is 1.65. The minimum Gasteiger partial charge on any atom is -0.397 e. The van der Waals surface area contributed by atoms with Crippen molar-refractivity contribution in [3.05, 3.63) is 22.7 Å². The summed E-state index contributed by atoms with van der Waals surface area (Å²) in [6, 6.07) is 2.78. The summed E-state index contributed by atoms with van der Waals surface area (Å²) in [5.41, 5.74) is 3.43. The molecule has 0 bridgehead atoms. The Kier molecular flexibility index (Phi) is 1.87. The van der Waals surface area contributed by atoms with Crippen molar-refractivity contribution in [2.24, 2.45) is 0 Å². The second-order valence-corrected chi connectivity index (χ2v) is 5.00. The number of hydrogen-bond donors (Lipinski definition) is 2. The summed E-state index contributed by atoms with van der Waals surface area (Å²) in [5.74, 6) is 0. The molecule has 0 radical (unpaired) electrons. The molecule has 4 nitrogen and oxygen atoms in total. The van der Waals surface area contributed by atoms with Gasteiger partial charge in [-0.2, -0.15) is 0 Å². The lowest BCUT2D eigenvalue weighted by atomic mass is 10.1. The molecule has 1 unspecified atom stereocenters. The maximum absolute atomic E-state index is 13.3. The topological polar surface area (TPSA) is 72.2 Å². The Morgan fingerprint density at radius 1 is 1.50 bits per heavy atom. The molecule has 14 heavy (non-hydrogen) atoms. The first-order valence-corrected chi connectivity index (χ1v) is 5.59. The van der Waals surface area contributed by atoms with Crippen LogP contribution < -0.4 is 10.5 Å². The maximum atomic E-state index is 13.3. The van der Waals surface area contributed by atoms with Crippen LogP contribution in [0.25, 0.3) is 0 Å². The number of fused-ring (bicyclic) bond motifs is 1. The van der Waals surface area contributed by atoms with E-state index in [0.29, 0.717) is 0 Å². The summed E-state index contributed by atoms with van der Waals surface area (Å²) in [4.78, 5) is 0. The van der Waals surface area contributed by atoms with Crippen LogP contribution >= 0.6 is 11.6 Å². The molecule has 0 saturated carbocycles. The molecule has 0 spiro atoms. The number of nitrogens with one attached hydrogen (secondary N) is 1. The number of nitrogen functional groups attached to an aromatic ring is 1. The number of anilines is 2. The average Bonchev–Trinajstić information content (AvgIpc) is 2.33. The number of hydrogen-bond acceptors (Lipinski definition) is 3. The normalized spacial score (nSPS) is 22.9. The monoisotopic (exact) mass is 236 g/mol. The number of alkyl halides is 1. The summed E-state index contributed by atoms with van der Waals surface area (Å²) in [5, 5.41) is 0.0512. The van der Waals surface area contributed by atoms with Gasteiger partial charge in [0.25, 0.3) is 10.0 Å². The van der Waals surface area contributed by atoms with Gasteiger partial charge in [-0.3, -0.25) is 4.72 Å². The molecule has 2 rings (SSSR count). The van der Waals surface area contributed by atoms with Gasteiger partial charge < -0.3 is 5.73 Å². The molecule has 0 aromatic heterocycles. The molecule has 1 aromatic rings. The molecule has 1 aromatic carbocycles. The maximum Gasteiger partial charge on any atom is 0.269 e. The van der Waals surface area contributed by atoms with Crippen molar-refractivity contribution in [3.8, 4) is 0 Å². The Hall–Kier alpha value is -1.01. The first-order chi connectivity index (χ1) is 6.43. The minimum atomic E-state index is -4.01. The quantitative estimate of drug-likeness (QED) is 0.673. The highest BCUT2D eigenvalue weighted by molar-refractivity contribution is 7.93. The van der Waals surface area contributed by atoms with E-state index in [-0.39, 0.29) is 22.0 Å². The Morgan fingerprint density at radius 2 is 2.14 bits per heavy atom. The number of nitrogens with two attached hydrogens (primary N) is 1. The smallest absolute Gasteiger partial charge is 0.269 e. The van der Waals surface area contributed by atoms with Gasteiger partial charge in [0.05, 0.1) is 16.4 Å². The van der Waals surface area contributed by atoms with Crippen LogP contribution in [0.15, 0.2) is 12.1 Å². The molecule has 3 N–H and O–H groups in total. The fourth-order valence-electron chi connectivity index (χ4n) is 1.30. The highest BCUT2D eigenvalue weighted by atomic mass is 35.5. The van der Waals surface area contributed by atoms with E-state index in [1.165, 1.54) is 12.1 Å². The number of benzene rings is 1. The van der Waals surface area contributed by atoms with E-state index in [1.54, 1.807) is 0 Å². The number of rotatable bonds is 0. The van der Waals surface area contributed by atoms with Crippen LogP contribution in [0.3, 0.4) is 0 Å². The van der Waals surface area contributed by atoms with Gasteiger partial charge in [0, 0.05) is 5.56 Å². The van der Waals surface area contributed by atoms with Crippen LogP contribution in [-0.2, 0) is 10.0 Å². The van der Waals surface area contributed by atoms with E-state index >= 15 is 0 Å². The fraction of sp³-hybridized carbons (Fsp3) is 0.143. The van der Waals surface area contributed by atoms with Crippen molar-refractivity contribution < 1.29 is 12.8 Å². The van der Waals surface area contributed by atoms with E-state index in [0.717, 1.165) is 0 Å². The standard InChI is InChI=1S/C7H6ClFN2O2S/c8-3-1-2-4(10)6-5(3)7(9)14(12,13)11-6/h1-2,7,11H,10H2.